The normalized spacial score (nSPS) is 15.0. The first kappa shape index (κ1) is 27.2. The summed E-state index contributed by atoms with van der Waals surface area (Å²) in [6.45, 7) is 8.38. The third-order valence-electron chi connectivity index (χ3n) is 6.88. The maximum atomic E-state index is 6.02. The van der Waals surface area contributed by atoms with Crippen LogP contribution < -0.4 is 29.4 Å². The number of aromatic nitrogens is 3. The van der Waals surface area contributed by atoms with E-state index in [0.717, 1.165) is 69.4 Å². The van der Waals surface area contributed by atoms with E-state index in [1.807, 2.05) is 48.5 Å². The molecule has 2 saturated heterocycles. The molecule has 5 rings (SSSR count). The summed E-state index contributed by atoms with van der Waals surface area (Å²) in [6, 6.07) is 13.6. The molecule has 0 radical (unpaired) electrons. The van der Waals surface area contributed by atoms with Gasteiger partial charge in [-0.3, -0.25) is 0 Å². The minimum absolute atomic E-state index is 0.363. The molecule has 0 amide bonds. The fraction of sp³-hybridized carbons (Fsp3) is 0.400. The van der Waals surface area contributed by atoms with Gasteiger partial charge in [0.1, 0.15) is 19.0 Å². The molecular formula is C30H37N7O3. The van der Waals surface area contributed by atoms with E-state index < -0.39 is 0 Å². The van der Waals surface area contributed by atoms with E-state index in [-0.39, 0.29) is 0 Å². The predicted molar refractivity (Wildman–Crippen MR) is 158 cm³/mol. The minimum Gasteiger partial charge on any atom is -0.493 e. The minimum atomic E-state index is 0.363. The summed E-state index contributed by atoms with van der Waals surface area (Å²) in [4.78, 5) is 18.5. The van der Waals surface area contributed by atoms with Crippen LogP contribution in [0.1, 0.15) is 36.8 Å². The number of nitrogens with zero attached hydrogens (tertiary/aromatic N) is 6. The smallest absolute Gasteiger partial charge is 0.250 e. The highest BCUT2D eigenvalue weighted by molar-refractivity contribution is 5.83. The van der Waals surface area contributed by atoms with Crippen LogP contribution in [0.3, 0.4) is 0 Å². The van der Waals surface area contributed by atoms with E-state index in [1.54, 1.807) is 13.3 Å². The molecule has 0 aliphatic carbocycles. The zero-order valence-corrected chi connectivity index (χ0v) is 23.1. The summed E-state index contributed by atoms with van der Waals surface area (Å²) >= 11 is 0. The van der Waals surface area contributed by atoms with Crippen LogP contribution in [0.25, 0.3) is 0 Å². The summed E-state index contributed by atoms with van der Waals surface area (Å²) in [6.07, 6.45) is 8.98. The van der Waals surface area contributed by atoms with Crippen molar-refractivity contribution in [1.82, 2.24) is 15.0 Å². The monoisotopic (exact) mass is 543 g/mol. The molecule has 210 valence electrons. The zero-order chi connectivity index (χ0) is 27.6. The van der Waals surface area contributed by atoms with E-state index in [4.69, 9.17) is 19.2 Å². The third-order valence-corrected chi connectivity index (χ3v) is 6.88. The van der Waals surface area contributed by atoms with Gasteiger partial charge in [-0.1, -0.05) is 24.3 Å². The summed E-state index contributed by atoms with van der Waals surface area (Å²) in [5, 5.41) is 4.43. The largest absolute Gasteiger partial charge is 0.493 e. The molecule has 2 aliphatic rings. The second-order valence-electron chi connectivity index (χ2n) is 9.73. The molecule has 2 aromatic carbocycles. The van der Waals surface area contributed by atoms with E-state index in [9.17, 15) is 0 Å². The average molecular weight is 544 g/mol. The molecule has 1 N–H and O–H groups in total. The van der Waals surface area contributed by atoms with Crippen LogP contribution >= 0.6 is 0 Å². The Morgan fingerprint density at radius 2 is 1.50 bits per heavy atom. The highest BCUT2D eigenvalue weighted by Crippen LogP contribution is 2.28. The first-order valence-corrected chi connectivity index (χ1v) is 13.9. The molecule has 0 unspecified atom stereocenters. The first-order chi connectivity index (χ1) is 19.7. The van der Waals surface area contributed by atoms with Gasteiger partial charge in [-0.15, -0.1) is 6.58 Å². The second kappa shape index (κ2) is 13.6. The average Bonchev–Trinajstić information content (AvgIpc) is 3.72. The van der Waals surface area contributed by atoms with Gasteiger partial charge in [0.2, 0.25) is 17.8 Å². The van der Waals surface area contributed by atoms with E-state index in [1.165, 1.54) is 0 Å². The van der Waals surface area contributed by atoms with E-state index in [2.05, 4.69) is 36.9 Å². The lowest BCUT2D eigenvalue weighted by Crippen LogP contribution is -2.25. The molecule has 0 atom stereocenters. The van der Waals surface area contributed by atoms with Crippen LogP contribution in [0.5, 0.6) is 17.2 Å². The molecular weight excluding hydrogens is 506 g/mol. The second-order valence-corrected chi connectivity index (χ2v) is 9.73. The number of methoxy groups -OCH3 is 1. The SMILES string of the molecule is C=CCc1ccc(OCCOc2ccccc2C=NNc2nc(N3CCCC3)nc(N3CCCC3)n2)c(OC)c1. The van der Waals surface area contributed by atoms with Gasteiger partial charge in [-0.2, -0.15) is 20.1 Å². The van der Waals surface area contributed by atoms with Crippen molar-refractivity contribution < 1.29 is 14.2 Å². The third kappa shape index (κ3) is 6.99. The molecule has 0 spiro atoms. The van der Waals surface area contributed by atoms with Gasteiger partial charge in [0.15, 0.2) is 11.5 Å². The van der Waals surface area contributed by atoms with Crippen molar-refractivity contribution in [3.05, 3.63) is 66.2 Å². The molecule has 0 saturated carbocycles. The van der Waals surface area contributed by atoms with Crippen LogP contribution in [0.2, 0.25) is 0 Å². The number of allylic oxidation sites excluding steroid dienone is 1. The standard InChI is InChI=1S/C30H37N7O3/c1-3-10-23-13-14-26(27(21-23)38-2)40-20-19-39-25-12-5-4-11-24(25)22-31-35-28-32-29(36-15-6-7-16-36)34-30(33-28)37-17-8-9-18-37/h3-5,11-14,21-22H,1,6-10,15-20H2,2H3,(H,32,33,34,35). The lowest BCUT2D eigenvalue weighted by Gasteiger charge is -2.20. The first-order valence-electron chi connectivity index (χ1n) is 13.9. The zero-order valence-electron chi connectivity index (χ0n) is 23.1. The molecule has 3 aromatic rings. The van der Waals surface area contributed by atoms with Crippen molar-refractivity contribution in [3.63, 3.8) is 0 Å². The number of benzene rings is 2. The fourth-order valence-corrected chi connectivity index (χ4v) is 4.83. The number of hydrazone groups is 1. The van der Waals surface area contributed by atoms with Crippen molar-refractivity contribution in [2.24, 2.45) is 5.10 Å². The fourth-order valence-electron chi connectivity index (χ4n) is 4.83. The molecule has 3 heterocycles. The molecule has 40 heavy (non-hydrogen) atoms. The maximum absolute atomic E-state index is 6.02. The molecule has 10 heteroatoms. The topological polar surface area (TPSA) is 97.2 Å². The van der Waals surface area contributed by atoms with Gasteiger partial charge in [-0.05, 0) is 61.9 Å². The number of hydrogen-bond donors (Lipinski definition) is 1. The Kier molecular flexibility index (Phi) is 9.29. The van der Waals surface area contributed by atoms with Gasteiger partial charge in [0.05, 0.1) is 13.3 Å². The number of rotatable bonds is 13. The Morgan fingerprint density at radius 1 is 0.850 bits per heavy atom. The van der Waals surface area contributed by atoms with Gasteiger partial charge in [0, 0.05) is 31.7 Å². The highest BCUT2D eigenvalue weighted by Gasteiger charge is 2.21. The maximum Gasteiger partial charge on any atom is 0.250 e. The Morgan fingerprint density at radius 3 is 2.15 bits per heavy atom. The van der Waals surface area contributed by atoms with Crippen LogP contribution in [0.15, 0.2) is 60.2 Å². The van der Waals surface area contributed by atoms with Crippen LogP contribution in [-0.4, -0.2) is 67.7 Å². The van der Waals surface area contributed by atoms with Crippen LogP contribution in [-0.2, 0) is 6.42 Å². The molecule has 2 aliphatic heterocycles. The number of hydrogen-bond acceptors (Lipinski definition) is 10. The lowest BCUT2D eigenvalue weighted by molar-refractivity contribution is 0.211. The number of anilines is 3. The van der Waals surface area contributed by atoms with Crippen LogP contribution in [0, 0.1) is 0 Å². The summed E-state index contributed by atoms with van der Waals surface area (Å²) < 4.78 is 17.4. The van der Waals surface area contributed by atoms with Gasteiger partial charge < -0.3 is 24.0 Å². The van der Waals surface area contributed by atoms with Crippen molar-refractivity contribution >= 4 is 24.1 Å². The Hall–Kier alpha value is -4.34. The number of ether oxygens (including phenoxy) is 3. The molecule has 2 fully saturated rings. The lowest BCUT2D eigenvalue weighted by atomic mass is 10.1. The summed E-state index contributed by atoms with van der Waals surface area (Å²) in [5.74, 6) is 3.94. The van der Waals surface area contributed by atoms with E-state index >= 15 is 0 Å². The predicted octanol–water partition coefficient (Wildman–Crippen LogP) is 4.71. The van der Waals surface area contributed by atoms with Crippen molar-refractivity contribution in [2.45, 2.75) is 32.1 Å². The van der Waals surface area contributed by atoms with Gasteiger partial charge >= 0.3 is 0 Å². The molecule has 0 bridgehead atoms. The Balaban J connectivity index is 1.20. The summed E-state index contributed by atoms with van der Waals surface area (Å²) in [5.41, 5.74) is 4.96. The van der Waals surface area contributed by atoms with Crippen molar-refractivity contribution in [2.75, 3.05) is 61.7 Å². The number of para-hydroxylation sites is 1. The molecule has 10 nitrogen and oxygen atoms in total. The van der Waals surface area contributed by atoms with Gasteiger partial charge in [0.25, 0.3) is 0 Å². The van der Waals surface area contributed by atoms with Crippen molar-refractivity contribution in [1.29, 1.82) is 0 Å². The quantitative estimate of drug-likeness (QED) is 0.142. The number of nitrogens with one attached hydrogen (secondary N) is 1. The Labute approximate surface area is 235 Å². The van der Waals surface area contributed by atoms with E-state index in [0.29, 0.717) is 48.3 Å². The summed E-state index contributed by atoms with van der Waals surface area (Å²) in [7, 11) is 1.64. The van der Waals surface area contributed by atoms with Crippen molar-refractivity contribution in [3.8, 4) is 17.2 Å². The Bertz CT molecular complexity index is 1270. The van der Waals surface area contributed by atoms with Crippen LogP contribution in [0.4, 0.5) is 17.8 Å². The van der Waals surface area contributed by atoms with Gasteiger partial charge in [-0.25, -0.2) is 5.43 Å². The highest BCUT2D eigenvalue weighted by atomic mass is 16.5. The molecule has 1 aromatic heterocycles.